The third-order valence-corrected chi connectivity index (χ3v) is 19.7. The number of benzene rings is 8. The Morgan fingerprint density at radius 3 is 1.00 bits per heavy atom. The van der Waals surface area contributed by atoms with Gasteiger partial charge in [-0.25, -0.2) is 24.0 Å². The topological polar surface area (TPSA) is 308 Å². The molecule has 8 aromatic carbocycles. The first-order valence-corrected chi connectivity index (χ1v) is 37.5. The molecule has 654 valence electrons. The van der Waals surface area contributed by atoms with Crippen LogP contribution in [0.1, 0.15) is 115 Å². The lowest BCUT2D eigenvalue weighted by Gasteiger charge is -2.15. The van der Waals surface area contributed by atoms with Gasteiger partial charge >= 0.3 is 37.1 Å². The van der Waals surface area contributed by atoms with Crippen LogP contribution in [0.5, 0.6) is 0 Å². The van der Waals surface area contributed by atoms with Crippen molar-refractivity contribution >= 4 is 52.2 Å². The summed E-state index contributed by atoms with van der Waals surface area (Å²) in [6.07, 6.45) is -26.7. The lowest BCUT2D eigenvalue weighted by atomic mass is 9.97. The zero-order valence-corrected chi connectivity index (χ0v) is 65.8. The first kappa shape index (κ1) is 91.1. The number of halogens is 21. The van der Waals surface area contributed by atoms with E-state index in [1.165, 1.54) is 24.8 Å². The van der Waals surface area contributed by atoms with Crippen LogP contribution in [0, 0.1) is 0 Å². The molecule has 0 bridgehead atoms. The van der Waals surface area contributed by atoms with E-state index in [0.29, 0.717) is 53.1 Å². The highest BCUT2D eigenvalue weighted by Crippen LogP contribution is 2.44. The normalized spacial score (nSPS) is 12.1. The molecule has 0 radical (unpaired) electrons. The molecule has 127 heavy (non-hydrogen) atoms. The van der Waals surface area contributed by atoms with E-state index in [4.69, 9.17) is 48.4 Å². The highest BCUT2D eigenvalue weighted by atomic mass is 35.5. The van der Waals surface area contributed by atoms with E-state index < -0.39 is 126 Å². The van der Waals surface area contributed by atoms with E-state index >= 15 is 0 Å². The Balaban J connectivity index is 0.000000163. The number of carbonyl (C=O) groups excluding carboxylic acids is 3. The molecule has 0 fully saturated rings. The SMILES string of the molecule is O=C(c1nnn(Cc2cc(C(F)(F)F)cc(C(F)(F)F)c2)c1-c1ccccc1)c1c(CCO)noc1-c1ccccc1Cl.O=C(c1nnn(Cc2cc(C(F)(F)F)cc(C(F)(F)F)c2)c1-c1ccccc1)c1c(CO)noc1-c1ccccc1Cl.O=C(c1nnn(Cc2cc(C(F)(F)F)cc(C(F)(F)F)c2)c1-c1cncnc1)c1c(-c2ccccc2Cl)noc1CO. The molecule has 44 heteroatoms. The van der Waals surface area contributed by atoms with Gasteiger partial charge in [-0.05, 0) is 102 Å². The van der Waals surface area contributed by atoms with E-state index in [2.05, 4.69) is 56.4 Å². The zero-order valence-electron chi connectivity index (χ0n) is 63.6. The fourth-order valence-corrected chi connectivity index (χ4v) is 13.7. The average Bonchev–Trinajstić information content (AvgIpc) is 1.63. The zero-order chi connectivity index (χ0) is 91.4. The molecule has 0 aliphatic rings. The fraction of sp³-hybridized carbons (Fsp3) is 0.157. The standard InChI is InChI=1S/C29H19ClF6N4O3.C28H17ClF6N4O3.C26H15ClF6N6O3/c30-21-9-5-4-8-20(21)27-23(22(10-11-41)38-43-27)26(42)24-25(17-6-2-1-3-7-17)40(39-37-24)15-16-12-18(28(31,32)33)14-19(13-16)29(34,35)36;29-20-9-5-4-8-19(20)26-22(21(14-40)37-42-26)25(41)23-24(16-6-2-1-3-7-16)39(38-36-23)13-15-10-17(27(30,31)32)12-18(11-15)28(33,34)35;27-18-4-2-1-3-17(18)21-20(19(11-40)42-37-21)24(41)22-23(14-8-34-12-35-9-14)39(38-36-22)10-13-5-15(25(28,29)30)7-16(6-13)26(31,32)33/h1-9,12-14,41H,10-11,15H2;1-12,40H,13-14H2;1-9,12,40H,10-11H2. The van der Waals surface area contributed by atoms with Crippen LogP contribution < -0.4 is 0 Å². The van der Waals surface area contributed by atoms with Crippen LogP contribution in [0.3, 0.4) is 0 Å². The van der Waals surface area contributed by atoms with Gasteiger partial charge in [-0.2, -0.15) is 79.0 Å². The van der Waals surface area contributed by atoms with Crippen molar-refractivity contribution in [2.45, 2.75) is 76.3 Å². The van der Waals surface area contributed by atoms with Gasteiger partial charge in [0, 0.05) is 58.8 Å². The summed E-state index contributed by atoms with van der Waals surface area (Å²) in [6.45, 7) is -3.65. The van der Waals surface area contributed by atoms with Crippen molar-refractivity contribution in [3.8, 4) is 67.7 Å². The van der Waals surface area contributed by atoms with Gasteiger partial charge in [0.1, 0.15) is 41.4 Å². The Morgan fingerprint density at radius 2 is 0.669 bits per heavy atom. The molecule has 15 rings (SSSR count). The summed E-state index contributed by atoms with van der Waals surface area (Å²) >= 11 is 18.9. The molecule has 3 N–H and O–H groups in total. The summed E-state index contributed by atoms with van der Waals surface area (Å²) in [7, 11) is 0. The van der Waals surface area contributed by atoms with Crippen molar-refractivity contribution in [3.63, 3.8) is 0 Å². The maximum atomic E-state index is 14.1. The molecule has 7 aromatic heterocycles. The van der Waals surface area contributed by atoms with Crippen LogP contribution >= 0.6 is 34.8 Å². The number of hydrogen-bond donors (Lipinski definition) is 3. The van der Waals surface area contributed by atoms with Crippen molar-refractivity contribution in [2.24, 2.45) is 0 Å². The predicted octanol–water partition coefficient (Wildman–Crippen LogP) is 20.0. The number of ketones is 3. The second-order valence-corrected chi connectivity index (χ2v) is 28.4. The number of aromatic nitrogens is 14. The molecular weight excluding hydrogens is 1790 g/mol. The van der Waals surface area contributed by atoms with Gasteiger partial charge in [0.15, 0.2) is 34.4 Å². The Morgan fingerprint density at radius 1 is 0.354 bits per heavy atom. The largest absolute Gasteiger partial charge is 0.416 e. The summed E-state index contributed by atoms with van der Waals surface area (Å²) in [5.74, 6) is -2.78. The second-order valence-electron chi connectivity index (χ2n) is 27.1. The molecule has 0 unspecified atom stereocenters. The number of hydrogen-bond acceptors (Lipinski definition) is 20. The van der Waals surface area contributed by atoms with Crippen LogP contribution in [0.4, 0.5) is 79.0 Å². The summed E-state index contributed by atoms with van der Waals surface area (Å²) in [5, 5.41) is 65.1. The number of carbonyl (C=O) groups is 3. The maximum absolute atomic E-state index is 14.1. The molecular formula is C83H51Cl3F18N14O9. The van der Waals surface area contributed by atoms with Gasteiger partial charge in [-0.1, -0.05) is 169 Å². The van der Waals surface area contributed by atoms with Gasteiger partial charge in [0.05, 0.1) is 97.1 Å². The summed E-state index contributed by atoms with van der Waals surface area (Å²) in [6, 6.07) is 38.8. The molecule has 15 aromatic rings. The highest BCUT2D eigenvalue weighted by Gasteiger charge is 2.43. The van der Waals surface area contributed by atoms with Gasteiger partial charge in [0.2, 0.25) is 17.3 Å². The van der Waals surface area contributed by atoms with E-state index in [1.54, 1.807) is 127 Å². The van der Waals surface area contributed by atoms with Gasteiger partial charge < -0.3 is 28.9 Å². The molecule has 0 amide bonds. The molecule has 0 saturated carbocycles. The Bertz CT molecular complexity index is 6190. The monoisotopic (exact) mass is 1830 g/mol. The predicted molar refractivity (Wildman–Crippen MR) is 412 cm³/mol. The molecule has 0 saturated heterocycles. The molecule has 0 aliphatic heterocycles. The molecule has 0 atom stereocenters. The van der Waals surface area contributed by atoms with Crippen LogP contribution in [0.15, 0.2) is 220 Å². The lowest BCUT2D eigenvalue weighted by molar-refractivity contribution is -0.144. The minimum Gasteiger partial charge on any atom is -0.396 e. The van der Waals surface area contributed by atoms with Crippen molar-refractivity contribution < 1.29 is 122 Å². The van der Waals surface area contributed by atoms with Crippen molar-refractivity contribution in [1.82, 2.24) is 70.4 Å². The first-order chi connectivity index (χ1) is 60.1. The maximum Gasteiger partial charge on any atom is 0.416 e. The first-order valence-electron chi connectivity index (χ1n) is 36.3. The molecule has 0 spiro atoms. The number of rotatable bonds is 22. The summed E-state index contributed by atoms with van der Waals surface area (Å²) in [4.78, 5) is 49.7. The third-order valence-electron chi connectivity index (χ3n) is 18.7. The Labute approximate surface area is 715 Å². The molecule has 0 aliphatic carbocycles. The quantitative estimate of drug-likeness (QED) is 0.0419. The van der Waals surface area contributed by atoms with Gasteiger partial charge in [0.25, 0.3) is 0 Å². The number of nitrogens with zero attached hydrogens (tertiary/aromatic N) is 14. The summed E-state index contributed by atoms with van der Waals surface area (Å²) < 4.78 is 262. The van der Waals surface area contributed by atoms with Gasteiger partial charge in [-0.15, -0.1) is 15.3 Å². The minimum atomic E-state index is -5.07. The fourth-order valence-electron chi connectivity index (χ4n) is 13.1. The molecule has 23 nitrogen and oxygen atoms in total. The van der Waals surface area contributed by atoms with Crippen LogP contribution in [0.25, 0.3) is 67.7 Å². The molecule has 7 heterocycles. The van der Waals surface area contributed by atoms with Crippen LogP contribution in [0.2, 0.25) is 15.1 Å². The summed E-state index contributed by atoms with van der Waals surface area (Å²) in [5.41, 5.74) is -10.1. The number of aliphatic hydroxyl groups is 3. The number of aliphatic hydroxyl groups excluding tert-OH is 3. The second kappa shape index (κ2) is 36.9. The van der Waals surface area contributed by atoms with E-state index in [1.807, 2.05) is 0 Å². The Kier molecular flexibility index (Phi) is 26.5. The van der Waals surface area contributed by atoms with Crippen molar-refractivity contribution in [1.29, 1.82) is 0 Å². The highest BCUT2D eigenvalue weighted by molar-refractivity contribution is 6.34. The number of alkyl halides is 18. The minimum absolute atomic E-state index is 0.00164. The van der Waals surface area contributed by atoms with E-state index in [-0.39, 0.29) is 159 Å². The smallest absolute Gasteiger partial charge is 0.396 e. The third kappa shape index (κ3) is 20.2. The van der Waals surface area contributed by atoms with Crippen molar-refractivity contribution in [3.05, 3.63) is 323 Å². The lowest BCUT2D eigenvalue weighted by Crippen LogP contribution is -2.14. The van der Waals surface area contributed by atoms with Gasteiger partial charge in [-0.3, -0.25) is 14.4 Å². The van der Waals surface area contributed by atoms with Crippen LogP contribution in [-0.2, 0) is 76.3 Å². The van der Waals surface area contributed by atoms with E-state index in [0.717, 1.165) is 14.0 Å². The Hall–Kier alpha value is -13.6. The van der Waals surface area contributed by atoms with E-state index in [9.17, 15) is 109 Å². The van der Waals surface area contributed by atoms with Crippen LogP contribution in [-0.4, -0.2) is 110 Å². The average molecular weight is 1840 g/mol. The van der Waals surface area contributed by atoms with Crippen molar-refractivity contribution in [2.75, 3.05) is 6.61 Å².